The summed E-state index contributed by atoms with van der Waals surface area (Å²) in [6.45, 7) is -0.931. The largest absolute Gasteiger partial charge is 0.493 e. The van der Waals surface area contributed by atoms with Crippen LogP contribution in [-0.2, 0) is 30.1 Å². The number of hydrogen-bond acceptors (Lipinski definition) is 7. The molecule has 36 heavy (non-hydrogen) atoms. The molecule has 2 aliphatic rings. The predicted octanol–water partition coefficient (Wildman–Crippen LogP) is 2.66. The van der Waals surface area contributed by atoms with Gasteiger partial charge < -0.3 is 14.9 Å². The van der Waals surface area contributed by atoms with Crippen molar-refractivity contribution in [1.82, 2.24) is 10.4 Å². The van der Waals surface area contributed by atoms with Crippen LogP contribution in [0.4, 0.5) is 43.9 Å². The first-order valence-electron chi connectivity index (χ1n) is 9.47. The topological polar surface area (TPSA) is 97.3 Å². The SMILES string of the molecule is O=C(OC1CNCCC12N=C(c1ccc(C(F)(F)F)cc1F)N(OC(=O)C(F)(F)F)C2=O)C(F)(F)F. The number of aliphatic imine (C=N–C) groups is 1. The maximum atomic E-state index is 14.6. The summed E-state index contributed by atoms with van der Waals surface area (Å²) < 4.78 is 134. The molecule has 2 heterocycles. The van der Waals surface area contributed by atoms with Crippen molar-refractivity contribution in [1.29, 1.82) is 0 Å². The minimum absolute atomic E-state index is 0.0966. The molecular weight excluding hydrogens is 528 g/mol. The van der Waals surface area contributed by atoms with Crippen LogP contribution in [0.5, 0.6) is 0 Å². The van der Waals surface area contributed by atoms with Gasteiger partial charge >= 0.3 is 30.5 Å². The lowest BCUT2D eigenvalue weighted by atomic mass is 9.86. The van der Waals surface area contributed by atoms with E-state index in [1.165, 1.54) is 0 Å². The zero-order valence-electron chi connectivity index (χ0n) is 17.1. The van der Waals surface area contributed by atoms with Gasteiger partial charge in [-0.15, -0.1) is 5.06 Å². The van der Waals surface area contributed by atoms with E-state index in [0.29, 0.717) is 6.07 Å². The smallest absolute Gasteiger partial charge is 0.451 e. The first-order valence-corrected chi connectivity index (χ1v) is 9.47. The maximum absolute atomic E-state index is 14.6. The number of nitrogens with one attached hydrogen (secondary N) is 1. The molecule has 1 amide bonds. The second kappa shape index (κ2) is 8.90. The van der Waals surface area contributed by atoms with Gasteiger partial charge in [-0.1, -0.05) is 0 Å². The molecule has 1 spiro atoms. The monoisotopic (exact) mass is 539 g/mol. The van der Waals surface area contributed by atoms with Gasteiger partial charge in [0.1, 0.15) is 11.9 Å². The lowest BCUT2D eigenvalue weighted by Gasteiger charge is -2.36. The summed E-state index contributed by atoms with van der Waals surface area (Å²) in [5, 5.41) is 1.96. The molecule has 2 atom stereocenters. The molecule has 1 N–H and O–H groups in total. The number of carbonyl (C=O) groups excluding carboxylic acids is 3. The van der Waals surface area contributed by atoms with Crippen molar-refractivity contribution in [3.63, 3.8) is 0 Å². The molecule has 0 radical (unpaired) electrons. The van der Waals surface area contributed by atoms with E-state index in [9.17, 15) is 58.3 Å². The molecule has 1 aromatic carbocycles. The minimum Gasteiger partial charge on any atom is -0.451 e. The Balaban J connectivity index is 2.13. The number of rotatable bonds is 3. The number of amides is 1. The molecule has 2 unspecified atom stereocenters. The van der Waals surface area contributed by atoms with Crippen LogP contribution in [0.15, 0.2) is 23.2 Å². The van der Waals surface area contributed by atoms with E-state index < -0.39 is 88.8 Å². The lowest BCUT2D eigenvalue weighted by molar-refractivity contribution is -0.227. The Hall–Kier alpha value is -3.44. The van der Waals surface area contributed by atoms with Crippen molar-refractivity contribution in [3.8, 4) is 0 Å². The number of amidine groups is 1. The zero-order chi connectivity index (χ0) is 27.3. The normalized spacial score (nSPS) is 23.1. The zero-order valence-corrected chi connectivity index (χ0v) is 17.1. The molecular formula is C18H11F10N3O5. The van der Waals surface area contributed by atoms with Gasteiger partial charge in [0, 0.05) is 6.54 Å². The molecule has 18 heteroatoms. The lowest BCUT2D eigenvalue weighted by Crippen LogP contribution is -2.60. The minimum atomic E-state index is -5.73. The van der Waals surface area contributed by atoms with Crippen LogP contribution >= 0.6 is 0 Å². The van der Waals surface area contributed by atoms with E-state index in [1.807, 2.05) is 0 Å². The van der Waals surface area contributed by atoms with Crippen molar-refractivity contribution in [2.45, 2.75) is 36.6 Å². The third-order valence-electron chi connectivity index (χ3n) is 5.02. The van der Waals surface area contributed by atoms with E-state index in [4.69, 9.17) is 0 Å². The molecule has 1 saturated heterocycles. The Morgan fingerprint density at radius 1 is 1.03 bits per heavy atom. The van der Waals surface area contributed by atoms with Crippen LogP contribution in [0.3, 0.4) is 0 Å². The fraction of sp³-hybridized carbons (Fsp3) is 0.444. The van der Waals surface area contributed by atoms with E-state index in [1.54, 1.807) is 0 Å². The van der Waals surface area contributed by atoms with E-state index in [2.05, 4.69) is 19.9 Å². The Morgan fingerprint density at radius 2 is 1.64 bits per heavy atom. The molecule has 8 nitrogen and oxygen atoms in total. The van der Waals surface area contributed by atoms with Crippen LogP contribution in [0.2, 0.25) is 0 Å². The number of carbonyl (C=O) groups is 3. The van der Waals surface area contributed by atoms with E-state index >= 15 is 0 Å². The molecule has 3 rings (SSSR count). The summed E-state index contributed by atoms with van der Waals surface area (Å²) in [6, 6.07) is 0.528. The molecule has 1 aromatic rings. The van der Waals surface area contributed by atoms with Gasteiger partial charge in [0.15, 0.2) is 11.4 Å². The third-order valence-corrected chi connectivity index (χ3v) is 5.02. The number of hydrogen-bond donors (Lipinski definition) is 1. The van der Waals surface area contributed by atoms with Crippen molar-refractivity contribution in [2.75, 3.05) is 13.1 Å². The molecule has 0 aromatic heterocycles. The van der Waals surface area contributed by atoms with Crippen molar-refractivity contribution in [2.24, 2.45) is 4.99 Å². The third kappa shape index (κ3) is 5.07. The van der Waals surface area contributed by atoms with Crippen LogP contribution < -0.4 is 5.32 Å². The number of alkyl halides is 9. The van der Waals surface area contributed by atoms with Crippen LogP contribution in [0.25, 0.3) is 0 Å². The Bertz CT molecular complexity index is 1110. The van der Waals surface area contributed by atoms with E-state index in [0.717, 1.165) is 0 Å². The van der Waals surface area contributed by atoms with Gasteiger partial charge in [-0.25, -0.2) is 19.0 Å². The summed E-state index contributed by atoms with van der Waals surface area (Å²) in [7, 11) is 0. The van der Waals surface area contributed by atoms with Crippen molar-refractivity contribution >= 4 is 23.7 Å². The molecule has 0 bridgehead atoms. The summed E-state index contributed by atoms with van der Waals surface area (Å²) in [4.78, 5) is 43.5. The Morgan fingerprint density at radius 3 is 2.17 bits per heavy atom. The molecule has 198 valence electrons. The second-order valence-corrected chi connectivity index (χ2v) is 7.37. The summed E-state index contributed by atoms with van der Waals surface area (Å²) in [5.41, 5.74) is -5.24. The highest BCUT2D eigenvalue weighted by Crippen LogP contribution is 2.38. The molecule has 1 fully saturated rings. The van der Waals surface area contributed by atoms with Gasteiger partial charge in [-0.2, -0.15) is 39.5 Å². The first-order chi connectivity index (χ1) is 16.4. The quantitative estimate of drug-likeness (QED) is 0.469. The van der Waals surface area contributed by atoms with Crippen LogP contribution in [0, 0.1) is 5.82 Å². The van der Waals surface area contributed by atoms with Crippen molar-refractivity contribution < 1.29 is 67.9 Å². The number of esters is 1. The van der Waals surface area contributed by atoms with Crippen LogP contribution in [-0.4, -0.2) is 65.8 Å². The van der Waals surface area contributed by atoms with Crippen molar-refractivity contribution in [3.05, 3.63) is 35.1 Å². The molecule has 0 aliphatic carbocycles. The number of piperidine rings is 1. The summed E-state index contributed by atoms with van der Waals surface area (Å²) in [5.74, 6) is -10.6. The predicted molar refractivity (Wildman–Crippen MR) is 93.1 cm³/mol. The highest BCUT2D eigenvalue weighted by molar-refractivity contribution is 6.15. The highest BCUT2D eigenvalue weighted by atomic mass is 19.4. The summed E-state index contributed by atoms with van der Waals surface area (Å²) >= 11 is 0. The fourth-order valence-electron chi connectivity index (χ4n) is 3.37. The van der Waals surface area contributed by atoms with Gasteiger partial charge in [0.2, 0.25) is 0 Å². The maximum Gasteiger partial charge on any atom is 0.493 e. The summed E-state index contributed by atoms with van der Waals surface area (Å²) in [6.07, 6.45) is -19.1. The Kier molecular flexibility index (Phi) is 6.71. The van der Waals surface area contributed by atoms with Gasteiger partial charge in [-0.3, -0.25) is 4.79 Å². The standard InChI is InChI=1S/C18H11F10N3O5/c19-9-5-7(16(20,21)22)1-2-8(9)11-30-15(12(32)31(11)36-14(34)18(26,27)28)3-4-29-6-10(15)35-13(33)17(23,24)25/h1-2,5,10,29H,3-4,6H2. The Labute approximate surface area is 192 Å². The van der Waals surface area contributed by atoms with Crippen LogP contribution in [0.1, 0.15) is 17.5 Å². The molecule has 0 saturated carbocycles. The van der Waals surface area contributed by atoms with Gasteiger partial charge in [-0.05, 0) is 31.2 Å². The second-order valence-electron chi connectivity index (χ2n) is 7.37. The number of hydroxylamine groups is 2. The average molecular weight is 539 g/mol. The molecule has 2 aliphatic heterocycles. The number of halogens is 10. The van der Waals surface area contributed by atoms with Gasteiger partial charge in [0.05, 0.1) is 11.1 Å². The highest BCUT2D eigenvalue weighted by Gasteiger charge is 2.60. The number of nitrogens with zero attached hydrogens (tertiary/aromatic N) is 2. The number of ether oxygens (including phenoxy) is 1. The fourth-order valence-corrected chi connectivity index (χ4v) is 3.37. The number of benzene rings is 1. The first kappa shape index (κ1) is 27.2. The van der Waals surface area contributed by atoms with E-state index in [-0.39, 0.29) is 18.7 Å². The average Bonchev–Trinajstić information content (AvgIpc) is 3.00. The van der Waals surface area contributed by atoms with Gasteiger partial charge in [0.25, 0.3) is 5.91 Å².